The van der Waals surface area contributed by atoms with Gasteiger partial charge in [-0.05, 0) is 37.5 Å². The SMILES string of the molecule is Cc1c(C=O)cn2nccc(Oc3ccc(Nc4c(NC5CC5)c(=O)c4=O)c(Cl)c3)c12. The molecule has 31 heavy (non-hydrogen) atoms. The molecule has 0 spiro atoms. The Bertz CT molecular complexity index is 1410. The molecule has 0 atom stereocenters. The Hall–Kier alpha value is -3.65. The zero-order valence-electron chi connectivity index (χ0n) is 16.4. The van der Waals surface area contributed by atoms with Gasteiger partial charge in [0.25, 0.3) is 10.9 Å². The van der Waals surface area contributed by atoms with E-state index in [1.807, 2.05) is 6.92 Å². The normalized spacial score (nSPS) is 13.5. The van der Waals surface area contributed by atoms with Gasteiger partial charge in [-0.2, -0.15) is 5.10 Å². The number of carbonyl (C=O) groups is 1. The number of aryl methyl sites for hydroxylation is 1. The van der Waals surface area contributed by atoms with Crippen molar-refractivity contribution in [2.24, 2.45) is 0 Å². The van der Waals surface area contributed by atoms with E-state index in [1.54, 1.807) is 41.2 Å². The lowest BCUT2D eigenvalue weighted by atomic mass is 10.1. The van der Waals surface area contributed by atoms with Crippen LogP contribution in [0, 0.1) is 6.92 Å². The van der Waals surface area contributed by atoms with E-state index in [2.05, 4.69) is 15.7 Å². The molecule has 1 aliphatic rings. The minimum absolute atomic E-state index is 0.230. The zero-order chi connectivity index (χ0) is 21.7. The zero-order valence-corrected chi connectivity index (χ0v) is 17.2. The standard InChI is InChI=1S/C22H17ClN4O4/c1-11-12(10-28)9-27-20(11)17(6-7-24-27)31-14-4-5-16(15(23)8-14)26-19-18(21(29)22(19)30)25-13-2-3-13/h4-10,13,25-26H,2-3H2,1H3. The summed E-state index contributed by atoms with van der Waals surface area (Å²) in [5.41, 5.74) is 1.94. The lowest BCUT2D eigenvalue weighted by molar-refractivity contribution is 0.112. The molecule has 0 aliphatic heterocycles. The van der Waals surface area contributed by atoms with Crippen LogP contribution in [0.25, 0.3) is 5.52 Å². The van der Waals surface area contributed by atoms with Crippen molar-refractivity contribution in [2.75, 3.05) is 10.6 Å². The molecular weight excluding hydrogens is 420 g/mol. The maximum Gasteiger partial charge on any atom is 0.253 e. The van der Waals surface area contributed by atoms with Crippen molar-refractivity contribution in [2.45, 2.75) is 25.8 Å². The minimum Gasteiger partial charge on any atom is -0.455 e. The van der Waals surface area contributed by atoms with Crippen LogP contribution in [-0.2, 0) is 0 Å². The third-order valence-corrected chi connectivity index (χ3v) is 5.63. The van der Waals surface area contributed by atoms with Crippen molar-refractivity contribution >= 4 is 40.5 Å². The molecule has 2 heterocycles. The summed E-state index contributed by atoms with van der Waals surface area (Å²) in [5, 5.41) is 10.6. The van der Waals surface area contributed by atoms with E-state index < -0.39 is 10.9 Å². The van der Waals surface area contributed by atoms with E-state index in [0.717, 1.165) is 24.7 Å². The first-order valence-electron chi connectivity index (χ1n) is 9.72. The summed E-state index contributed by atoms with van der Waals surface area (Å²) in [6.07, 6.45) is 5.97. The van der Waals surface area contributed by atoms with E-state index in [0.29, 0.717) is 39.0 Å². The number of benzene rings is 1. The number of anilines is 3. The number of halogens is 1. The molecule has 9 heteroatoms. The van der Waals surface area contributed by atoms with Crippen LogP contribution in [0.1, 0.15) is 28.8 Å². The molecule has 5 rings (SSSR count). The van der Waals surface area contributed by atoms with Crippen molar-refractivity contribution in [3.63, 3.8) is 0 Å². The van der Waals surface area contributed by atoms with Crippen LogP contribution in [0.15, 0.2) is 46.2 Å². The molecule has 0 saturated heterocycles. The fraction of sp³-hybridized carbons (Fsp3) is 0.182. The maximum atomic E-state index is 12.0. The Morgan fingerprint density at radius 2 is 1.97 bits per heavy atom. The highest BCUT2D eigenvalue weighted by molar-refractivity contribution is 6.33. The van der Waals surface area contributed by atoms with Crippen molar-refractivity contribution < 1.29 is 9.53 Å². The Morgan fingerprint density at radius 3 is 2.68 bits per heavy atom. The minimum atomic E-state index is -0.562. The third-order valence-electron chi connectivity index (χ3n) is 5.32. The number of carbonyl (C=O) groups excluding carboxylic acids is 1. The van der Waals surface area contributed by atoms with E-state index in [1.165, 1.54) is 0 Å². The van der Waals surface area contributed by atoms with Gasteiger partial charge in [0, 0.05) is 29.9 Å². The second-order valence-corrected chi connectivity index (χ2v) is 7.92. The molecule has 0 amide bonds. The quantitative estimate of drug-likeness (QED) is 0.335. The molecule has 0 bridgehead atoms. The number of nitrogens with zero attached hydrogens (tertiary/aromatic N) is 2. The molecule has 4 aromatic rings. The monoisotopic (exact) mass is 436 g/mol. The van der Waals surface area contributed by atoms with Gasteiger partial charge in [-0.15, -0.1) is 0 Å². The van der Waals surface area contributed by atoms with Gasteiger partial charge in [-0.1, -0.05) is 11.6 Å². The largest absolute Gasteiger partial charge is 0.455 e. The lowest BCUT2D eigenvalue weighted by Crippen LogP contribution is -2.37. The Balaban J connectivity index is 1.41. The van der Waals surface area contributed by atoms with Crippen LogP contribution < -0.4 is 26.2 Å². The predicted molar refractivity (Wildman–Crippen MR) is 118 cm³/mol. The molecule has 1 aliphatic carbocycles. The fourth-order valence-electron chi connectivity index (χ4n) is 3.45. The smallest absolute Gasteiger partial charge is 0.253 e. The molecule has 1 saturated carbocycles. The Labute approximate surface area is 181 Å². The maximum absolute atomic E-state index is 12.0. The van der Waals surface area contributed by atoms with Gasteiger partial charge in [-0.25, -0.2) is 4.52 Å². The second kappa shape index (κ2) is 7.24. The van der Waals surface area contributed by atoms with Gasteiger partial charge >= 0.3 is 0 Å². The molecule has 2 N–H and O–H groups in total. The van der Waals surface area contributed by atoms with Crippen molar-refractivity contribution in [3.8, 4) is 11.5 Å². The molecule has 8 nitrogen and oxygen atoms in total. The predicted octanol–water partition coefficient (Wildman–Crippen LogP) is 3.81. The molecular formula is C22H17ClN4O4. The summed E-state index contributed by atoms with van der Waals surface area (Å²) in [5.74, 6) is 0.994. The number of hydrogen-bond acceptors (Lipinski definition) is 7. The number of hydrogen-bond donors (Lipinski definition) is 2. The van der Waals surface area contributed by atoms with Crippen LogP contribution in [0.5, 0.6) is 11.5 Å². The summed E-state index contributed by atoms with van der Waals surface area (Å²) in [7, 11) is 0. The summed E-state index contributed by atoms with van der Waals surface area (Å²) in [6.45, 7) is 1.82. The van der Waals surface area contributed by atoms with E-state index in [9.17, 15) is 14.4 Å². The summed E-state index contributed by atoms with van der Waals surface area (Å²) >= 11 is 6.40. The van der Waals surface area contributed by atoms with Crippen molar-refractivity contribution in [3.05, 3.63) is 73.3 Å². The number of aldehydes is 1. The van der Waals surface area contributed by atoms with Crippen LogP contribution >= 0.6 is 11.6 Å². The second-order valence-electron chi connectivity index (χ2n) is 7.51. The number of rotatable bonds is 7. The average Bonchev–Trinajstić information content (AvgIpc) is 3.53. The van der Waals surface area contributed by atoms with Gasteiger partial charge in [0.15, 0.2) is 12.0 Å². The van der Waals surface area contributed by atoms with Crippen LogP contribution in [0.3, 0.4) is 0 Å². The third kappa shape index (κ3) is 3.34. The lowest BCUT2D eigenvalue weighted by Gasteiger charge is -2.16. The highest BCUT2D eigenvalue weighted by Crippen LogP contribution is 2.35. The summed E-state index contributed by atoms with van der Waals surface area (Å²) in [6, 6.07) is 6.94. The van der Waals surface area contributed by atoms with Gasteiger partial charge in [-0.3, -0.25) is 14.4 Å². The Kier molecular flexibility index (Phi) is 4.51. The molecule has 156 valence electrons. The number of ether oxygens (including phenoxy) is 1. The Morgan fingerprint density at radius 1 is 1.19 bits per heavy atom. The first-order valence-corrected chi connectivity index (χ1v) is 10.1. The van der Waals surface area contributed by atoms with E-state index >= 15 is 0 Å². The average molecular weight is 437 g/mol. The molecule has 2 aromatic carbocycles. The van der Waals surface area contributed by atoms with Gasteiger partial charge in [0.1, 0.15) is 22.6 Å². The van der Waals surface area contributed by atoms with Crippen LogP contribution in [-0.4, -0.2) is 21.9 Å². The summed E-state index contributed by atoms with van der Waals surface area (Å²) < 4.78 is 7.59. The van der Waals surface area contributed by atoms with E-state index in [-0.39, 0.29) is 11.7 Å². The van der Waals surface area contributed by atoms with Gasteiger partial charge < -0.3 is 15.4 Å². The highest BCUT2D eigenvalue weighted by atomic mass is 35.5. The van der Waals surface area contributed by atoms with Gasteiger partial charge in [0.2, 0.25) is 0 Å². The number of fused-ring (bicyclic) bond motifs is 1. The summed E-state index contributed by atoms with van der Waals surface area (Å²) in [4.78, 5) is 35.0. The van der Waals surface area contributed by atoms with Crippen LogP contribution in [0.2, 0.25) is 5.02 Å². The van der Waals surface area contributed by atoms with Crippen molar-refractivity contribution in [1.82, 2.24) is 9.61 Å². The number of aromatic nitrogens is 2. The topological polar surface area (TPSA) is 102 Å². The number of nitrogens with one attached hydrogen (secondary N) is 2. The molecule has 1 fully saturated rings. The molecule has 2 aromatic heterocycles. The van der Waals surface area contributed by atoms with Crippen LogP contribution in [0.4, 0.5) is 17.1 Å². The highest BCUT2D eigenvalue weighted by Gasteiger charge is 2.28. The molecule has 0 radical (unpaired) electrons. The first kappa shape index (κ1) is 19.3. The van der Waals surface area contributed by atoms with E-state index in [4.69, 9.17) is 16.3 Å². The van der Waals surface area contributed by atoms with Gasteiger partial charge in [0.05, 0.1) is 16.9 Å². The molecule has 0 unspecified atom stereocenters. The van der Waals surface area contributed by atoms with Crippen molar-refractivity contribution in [1.29, 1.82) is 0 Å². The fourth-order valence-corrected chi connectivity index (χ4v) is 3.66. The first-order chi connectivity index (χ1) is 15.0.